The molecule has 2 aromatic rings. The quantitative estimate of drug-likeness (QED) is 0.710. The Morgan fingerprint density at radius 2 is 1.79 bits per heavy atom. The van der Waals surface area contributed by atoms with Crippen LogP contribution < -0.4 is 5.32 Å². The molecule has 1 atom stereocenters. The minimum atomic E-state index is -0.652. The Labute approximate surface area is 170 Å². The van der Waals surface area contributed by atoms with Gasteiger partial charge in [-0.1, -0.05) is 54.9 Å². The van der Waals surface area contributed by atoms with Crippen molar-refractivity contribution in [2.75, 3.05) is 0 Å². The van der Waals surface area contributed by atoms with Gasteiger partial charge in [-0.25, -0.2) is 4.39 Å². The van der Waals surface area contributed by atoms with E-state index >= 15 is 0 Å². The van der Waals surface area contributed by atoms with Crippen LogP contribution in [-0.2, 0) is 22.6 Å². The molecule has 1 unspecified atom stereocenters. The largest absolute Gasteiger partial charge is 0.352 e. The second-order valence-electron chi connectivity index (χ2n) is 6.97. The van der Waals surface area contributed by atoms with Gasteiger partial charge < -0.3 is 10.2 Å². The standard InChI is InChI=1S/C22H26ClFN2O2/c1-4-20(22(28)25-15(2)3)26(14-16-9-6-5-7-10-16)21(27)13-17-18(23)11-8-12-19(17)24/h5-12,15,20H,4,13-14H2,1-3H3,(H,25,28). The van der Waals surface area contributed by atoms with E-state index in [2.05, 4.69) is 5.32 Å². The second kappa shape index (κ2) is 10.2. The second-order valence-corrected chi connectivity index (χ2v) is 7.38. The lowest BCUT2D eigenvalue weighted by Gasteiger charge is -2.31. The number of amides is 2. The highest BCUT2D eigenvalue weighted by Crippen LogP contribution is 2.22. The highest BCUT2D eigenvalue weighted by molar-refractivity contribution is 6.31. The average molecular weight is 405 g/mol. The molecule has 0 fully saturated rings. The van der Waals surface area contributed by atoms with Crippen molar-refractivity contribution in [1.29, 1.82) is 0 Å². The van der Waals surface area contributed by atoms with Crippen molar-refractivity contribution in [3.63, 3.8) is 0 Å². The number of nitrogens with one attached hydrogen (secondary N) is 1. The van der Waals surface area contributed by atoms with Crippen LogP contribution in [0.1, 0.15) is 38.3 Å². The molecular weight excluding hydrogens is 379 g/mol. The lowest BCUT2D eigenvalue weighted by atomic mass is 10.1. The third kappa shape index (κ3) is 5.80. The van der Waals surface area contributed by atoms with Crippen LogP contribution in [0, 0.1) is 5.82 Å². The van der Waals surface area contributed by atoms with Crippen LogP contribution >= 0.6 is 11.6 Å². The number of benzene rings is 2. The Bertz CT molecular complexity index is 791. The fraction of sp³-hybridized carbons (Fsp3) is 0.364. The summed E-state index contributed by atoms with van der Waals surface area (Å²) >= 11 is 6.09. The van der Waals surface area contributed by atoms with Crippen molar-refractivity contribution >= 4 is 23.4 Å². The zero-order chi connectivity index (χ0) is 20.7. The number of hydrogen-bond donors (Lipinski definition) is 1. The Kier molecular flexibility index (Phi) is 8.00. The van der Waals surface area contributed by atoms with E-state index < -0.39 is 11.9 Å². The molecule has 2 aromatic carbocycles. The van der Waals surface area contributed by atoms with Gasteiger partial charge in [-0.3, -0.25) is 9.59 Å². The molecule has 0 aromatic heterocycles. The molecule has 0 heterocycles. The van der Waals surface area contributed by atoms with Crippen LogP contribution in [0.3, 0.4) is 0 Å². The van der Waals surface area contributed by atoms with Crippen molar-refractivity contribution in [3.05, 3.63) is 70.5 Å². The number of nitrogens with zero attached hydrogens (tertiary/aromatic N) is 1. The first-order chi connectivity index (χ1) is 13.3. The molecule has 4 nitrogen and oxygen atoms in total. The van der Waals surface area contributed by atoms with Crippen molar-refractivity contribution in [1.82, 2.24) is 10.2 Å². The van der Waals surface area contributed by atoms with Crippen LogP contribution in [0.2, 0.25) is 5.02 Å². The van der Waals surface area contributed by atoms with Gasteiger partial charge in [-0.05, 0) is 38.0 Å². The lowest BCUT2D eigenvalue weighted by molar-refractivity contribution is -0.141. The Balaban J connectivity index is 2.33. The van der Waals surface area contributed by atoms with E-state index in [0.717, 1.165) is 5.56 Å². The number of halogens is 2. The molecule has 0 spiro atoms. The SMILES string of the molecule is CCC(C(=O)NC(C)C)N(Cc1ccccc1)C(=O)Cc1c(F)cccc1Cl. The number of carbonyl (C=O) groups excluding carboxylic acids is 2. The highest BCUT2D eigenvalue weighted by atomic mass is 35.5. The first-order valence-corrected chi connectivity index (χ1v) is 9.77. The summed E-state index contributed by atoms with van der Waals surface area (Å²) in [5.74, 6) is -1.09. The van der Waals surface area contributed by atoms with E-state index in [1.165, 1.54) is 17.0 Å². The van der Waals surface area contributed by atoms with Gasteiger partial charge in [0.2, 0.25) is 11.8 Å². The summed E-state index contributed by atoms with van der Waals surface area (Å²) in [6.45, 7) is 5.85. The highest BCUT2D eigenvalue weighted by Gasteiger charge is 2.29. The first-order valence-electron chi connectivity index (χ1n) is 9.40. The number of hydrogen-bond acceptors (Lipinski definition) is 2. The van der Waals surface area contributed by atoms with Crippen LogP contribution in [0.5, 0.6) is 0 Å². The molecule has 0 aliphatic carbocycles. The zero-order valence-electron chi connectivity index (χ0n) is 16.4. The van der Waals surface area contributed by atoms with E-state index in [-0.39, 0.29) is 41.4 Å². The van der Waals surface area contributed by atoms with E-state index in [1.807, 2.05) is 51.1 Å². The van der Waals surface area contributed by atoms with Crippen LogP contribution in [0.4, 0.5) is 4.39 Å². The van der Waals surface area contributed by atoms with Crippen molar-refractivity contribution in [3.8, 4) is 0 Å². The average Bonchev–Trinajstić information content (AvgIpc) is 2.64. The van der Waals surface area contributed by atoms with Gasteiger partial charge in [0.25, 0.3) is 0 Å². The summed E-state index contributed by atoms with van der Waals surface area (Å²) in [5, 5.41) is 3.07. The summed E-state index contributed by atoms with van der Waals surface area (Å²) in [7, 11) is 0. The maximum absolute atomic E-state index is 14.2. The Morgan fingerprint density at radius 1 is 1.11 bits per heavy atom. The summed E-state index contributed by atoms with van der Waals surface area (Å²) in [6.07, 6.45) is 0.242. The summed E-state index contributed by atoms with van der Waals surface area (Å²) in [4.78, 5) is 27.3. The van der Waals surface area contributed by atoms with Gasteiger partial charge in [-0.15, -0.1) is 0 Å². The van der Waals surface area contributed by atoms with E-state index in [1.54, 1.807) is 6.07 Å². The molecule has 150 valence electrons. The number of rotatable bonds is 8. The Hall–Kier alpha value is -2.40. The van der Waals surface area contributed by atoms with Gasteiger partial charge in [-0.2, -0.15) is 0 Å². The smallest absolute Gasteiger partial charge is 0.243 e. The summed E-state index contributed by atoms with van der Waals surface area (Å²) in [6, 6.07) is 13.1. The molecule has 2 amide bonds. The maximum atomic E-state index is 14.2. The molecule has 0 bridgehead atoms. The number of carbonyl (C=O) groups is 2. The lowest BCUT2D eigenvalue weighted by Crippen LogP contribution is -2.50. The van der Waals surface area contributed by atoms with Gasteiger partial charge in [0.1, 0.15) is 11.9 Å². The van der Waals surface area contributed by atoms with Gasteiger partial charge in [0, 0.05) is 23.2 Å². The summed E-state index contributed by atoms with van der Waals surface area (Å²) in [5.41, 5.74) is 1.04. The molecule has 0 saturated carbocycles. The first kappa shape index (κ1) is 21.9. The predicted octanol–water partition coefficient (Wildman–Crippen LogP) is 4.35. The topological polar surface area (TPSA) is 49.4 Å². The fourth-order valence-corrected chi connectivity index (χ4v) is 3.26. The molecule has 28 heavy (non-hydrogen) atoms. The molecular formula is C22H26ClFN2O2. The molecule has 0 radical (unpaired) electrons. The maximum Gasteiger partial charge on any atom is 0.243 e. The normalized spacial score (nSPS) is 11.9. The van der Waals surface area contributed by atoms with Crippen LogP contribution in [0.15, 0.2) is 48.5 Å². The minimum absolute atomic E-state index is 0.0451. The van der Waals surface area contributed by atoms with E-state index in [4.69, 9.17) is 11.6 Å². The molecule has 2 rings (SSSR count). The minimum Gasteiger partial charge on any atom is -0.352 e. The molecule has 0 aliphatic heterocycles. The molecule has 6 heteroatoms. The third-order valence-corrected chi connectivity index (χ3v) is 4.76. The monoisotopic (exact) mass is 404 g/mol. The van der Waals surface area contributed by atoms with Gasteiger partial charge >= 0.3 is 0 Å². The molecule has 1 N–H and O–H groups in total. The Morgan fingerprint density at radius 3 is 2.36 bits per heavy atom. The van der Waals surface area contributed by atoms with Crippen molar-refractivity contribution in [2.24, 2.45) is 0 Å². The molecule has 0 saturated heterocycles. The molecule has 0 aliphatic rings. The van der Waals surface area contributed by atoms with Gasteiger partial charge in [0.15, 0.2) is 0 Å². The fourth-order valence-electron chi connectivity index (χ4n) is 3.03. The zero-order valence-corrected chi connectivity index (χ0v) is 17.2. The van der Waals surface area contributed by atoms with Crippen LogP contribution in [-0.4, -0.2) is 28.8 Å². The third-order valence-electron chi connectivity index (χ3n) is 4.40. The van der Waals surface area contributed by atoms with Crippen molar-refractivity contribution < 1.29 is 14.0 Å². The van der Waals surface area contributed by atoms with E-state index in [0.29, 0.717) is 6.42 Å². The van der Waals surface area contributed by atoms with Crippen LogP contribution in [0.25, 0.3) is 0 Å². The summed E-state index contributed by atoms with van der Waals surface area (Å²) < 4.78 is 14.2. The van der Waals surface area contributed by atoms with Crippen molar-refractivity contribution in [2.45, 2.75) is 52.2 Å². The predicted molar refractivity (Wildman–Crippen MR) is 109 cm³/mol. The van der Waals surface area contributed by atoms with Gasteiger partial charge in [0.05, 0.1) is 6.42 Å². The van der Waals surface area contributed by atoms with E-state index in [9.17, 15) is 14.0 Å².